The predicted molar refractivity (Wildman–Crippen MR) is 101 cm³/mol. The topological polar surface area (TPSA) is 29.1 Å². The second-order valence-electron chi connectivity index (χ2n) is 5.23. The number of thioether (sulfide) groups is 1. The SMILES string of the molecule is CCc1ccc(Cl)c(CC)c1NC(=O)CCSc1ccccc1. The maximum absolute atomic E-state index is 12.3. The zero-order valence-corrected chi connectivity index (χ0v) is 15.1. The van der Waals surface area contributed by atoms with Crippen molar-refractivity contribution in [1.82, 2.24) is 0 Å². The van der Waals surface area contributed by atoms with Crippen molar-refractivity contribution >= 4 is 35.0 Å². The summed E-state index contributed by atoms with van der Waals surface area (Å²) < 4.78 is 0. The van der Waals surface area contributed by atoms with Crippen LogP contribution in [0.2, 0.25) is 5.02 Å². The van der Waals surface area contributed by atoms with E-state index in [1.807, 2.05) is 30.3 Å². The number of halogens is 1. The first-order chi connectivity index (χ1) is 11.2. The van der Waals surface area contributed by atoms with Gasteiger partial charge >= 0.3 is 0 Å². The van der Waals surface area contributed by atoms with Gasteiger partial charge in [-0.05, 0) is 42.2 Å². The summed E-state index contributed by atoms with van der Waals surface area (Å²) in [5.74, 6) is 0.805. The van der Waals surface area contributed by atoms with E-state index >= 15 is 0 Å². The molecule has 1 amide bonds. The van der Waals surface area contributed by atoms with Crippen molar-refractivity contribution in [3.8, 4) is 0 Å². The average molecular weight is 348 g/mol. The highest BCUT2D eigenvalue weighted by Gasteiger charge is 2.13. The molecule has 2 rings (SSSR count). The number of carbonyl (C=O) groups is 1. The van der Waals surface area contributed by atoms with Crippen molar-refractivity contribution in [1.29, 1.82) is 0 Å². The van der Waals surface area contributed by atoms with Crippen LogP contribution in [0.3, 0.4) is 0 Å². The van der Waals surface area contributed by atoms with Crippen molar-refractivity contribution in [3.63, 3.8) is 0 Å². The van der Waals surface area contributed by atoms with Crippen LogP contribution in [0.25, 0.3) is 0 Å². The number of aryl methyl sites for hydroxylation is 1. The Morgan fingerprint density at radius 2 is 1.83 bits per heavy atom. The first kappa shape index (κ1) is 17.9. The smallest absolute Gasteiger partial charge is 0.225 e. The molecule has 0 fully saturated rings. The van der Waals surface area contributed by atoms with Crippen LogP contribution in [0.15, 0.2) is 47.4 Å². The number of hydrogen-bond acceptors (Lipinski definition) is 2. The van der Waals surface area contributed by atoms with Gasteiger partial charge in [0.2, 0.25) is 5.91 Å². The van der Waals surface area contributed by atoms with Gasteiger partial charge < -0.3 is 5.32 Å². The van der Waals surface area contributed by atoms with Crippen LogP contribution in [0, 0.1) is 0 Å². The quantitative estimate of drug-likeness (QED) is 0.662. The third-order valence-electron chi connectivity index (χ3n) is 3.68. The molecule has 0 atom stereocenters. The van der Waals surface area contributed by atoms with E-state index < -0.39 is 0 Å². The van der Waals surface area contributed by atoms with E-state index in [1.165, 1.54) is 4.90 Å². The summed E-state index contributed by atoms with van der Waals surface area (Å²) in [5, 5.41) is 3.79. The van der Waals surface area contributed by atoms with Crippen LogP contribution < -0.4 is 5.32 Å². The molecule has 0 unspecified atom stereocenters. The number of nitrogens with one attached hydrogen (secondary N) is 1. The summed E-state index contributed by atoms with van der Waals surface area (Å²) in [6.07, 6.45) is 2.16. The lowest BCUT2D eigenvalue weighted by atomic mass is 10.0. The summed E-state index contributed by atoms with van der Waals surface area (Å²) in [6, 6.07) is 14.0. The molecule has 0 spiro atoms. The van der Waals surface area contributed by atoms with E-state index in [-0.39, 0.29) is 5.91 Å². The van der Waals surface area contributed by atoms with E-state index in [2.05, 4.69) is 31.3 Å². The Morgan fingerprint density at radius 3 is 2.48 bits per heavy atom. The highest BCUT2D eigenvalue weighted by molar-refractivity contribution is 7.99. The van der Waals surface area contributed by atoms with Crippen LogP contribution >= 0.6 is 23.4 Å². The molecule has 1 N–H and O–H groups in total. The molecule has 2 aromatic carbocycles. The summed E-state index contributed by atoms with van der Waals surface area (Å²) in [5.41, 5.74) is 3.06. The van der Waals surface area contributed by atoms with Crippen LogP contribution in [0.4, 0.5) is 5.69 Å². The molecular formula is C19H22ClNOS. The summed E-state index contributed by atoms with van der Waals surface area (Å²) in [7, 11) is 0. The minimum Gasteiger partial charge on any atom is -0.326 e. The molecule has 0 aliphatic heterocycles. The molecule has 4 heteroatoms. The number of hydrogen-bond donors (Lipinski definition) is 1. The van der Waals surface area contributed by atoms with Crippen molar-refractivity contribution < 1.29 is 4.79 Å². The van der Waals surface area contributed by atoms with Crippen LogP contribution in [0.1, 0.15) is 31.4 Å². The van der Waals surface area contributed by atoms with E-state index in [4.69, 9.17) is 11.6 Å². The van der Waals surface area contributed by atoms with Crippen molar-refractivity contribution in [2.75, 3.05) is 11.1 Å². The minimum absolute atomic E-state index is 0.0418. The van der Waals surface area contributed by atoms with Crippen molar-refractivity contribution in [3.05, 3.63) is 58.6 Å². The Morgan fingerprint density at radius 1 is 1.09 bits per heavy atom. The molecular weight excluding hydrogens is 326 g/mol. The van der Waals surface area contributed by atoms with Gasteiger partial charge in [-0.25, -0.2) is 0 Å². The second-order valence-corrected chi connectivity index (χ2v) is 6.80. The van der Waals surface area contributed by atoms with Gasteiger partial charge in [-0.15, -0.1) is 11.8 Å². The number of carbonyl (C=O) groups excluding carboxylic acids is 1. The van der Waals surface area contributed by atoms with Gasteiger partial charge in [0.1, 0.15) is 0 Å². The lowest BCUT2D eigenvalue weighted by Gasteiger charge is -2.16. The van der Waals surface area contributed by atoms with E-state index in [1.54, 1.807) is 11.8 Å². The number of rotatable bonds is 7. The Balaban J connectivity index is 1.98. The van der Waals surface area contributed by atoms with E-state index in [0.29, 0.717) is 6.42 Å². The van der Waals surface area contributed by atoms with Gasteiger partial charge in [0.05, 0.1) is 0 Å². The Kier molecular flexibility index (Phi) is 7.00. The highest BCUT2D eigenvalue weighted by Crippen LogP contribution is 2.29. The summed E-state index contributed by atoms with van der Waals surface area (Å²) >= 11 is 7.97. The molecule has 0 radical (unpaired) electrons. The lowest BCUT2D eigenvalue weighted by Crippen LogP contribution is -2.15. The Labute approximate surface area is 147 Å². The normalized spacial score (nSPS) is 10.6. The van der Waals surface area contributed by atoms with Crippen molar-refractivity contribution in [2.24, 2.45) is 0 Å². The molecule has 0 saturated carbocycles. The summed E-state index contributed by atoms with van der Waals surface area (Å²) in [4.78, 5) is 13.5. The first-order valence-corrected chi connectivity index (χ1v) is 9.30. The predicted octanol–water partition coefficient (Wildman–Crippen LogP) is 5.59. The van der Waals surface area contributed by atoms with Crippen LogP contribution in [0.5, 0.6) is 0 Å². The molecule has 23 heavy (non-hydrogen) atoms. The fourth-order valence-electron chi connectivity index (χ4n) is 2.45. The standard InChI is InChI=1S/C19H22ClNOS/c1-3-14-10-11-17(20)16(4-2)19(14)21-18(22)12-13-23-15-8-6-5-7-9-15/h5-11H,3-4,12-13H2,1-2H3,(H,21,22). The van der Waals surface area contributed by atoms with Gasteiger partial charge in [0.25, 0.3) is 0 Å². The van der Waals surface area contributed by atoms with Gasteiger partial charge in [0, 0.05) is 27.8 Å². The van der Waals surface area contributed by atoms with E-state index in [0.717, 1.165) is 40.4 Å². The van der Waals surface area contributed by atoms with Gasteiger partial charge in [-0.2, -0.15) is 0 Å². The fourth-order valence-corrected chi connectivity index (χ4v) is 3.61. The molecule has 0 bridgehead atoms. The maximum atomic E-state index is 12.3. The molecule has 0 heterocycles. The molecule has 0 aromatic heterocycles. The highest BCUT2D eigenvalue weighted by atomic mass is 35.5. The Bertz CT molecular complexity index is 658. The zero-order valence-electron chi connectivity index (χ0n) is 13.6. The number of benzene rings is 2. The maximum Gasteiger partial charge on any atom is 0.225 e. The fraction of sp³-hybridized carbons (Fsp3) is 0.316. The second kappa shape index (κ2) is 8.99. The third-order valence-corrected chi connectivity index (χ3v) is 5.05. The molecule has 2 aromatic rings. The summed E-state index contributed by atoms with van der Waals surface area (Å²) in [6.45, 7) is 4.14. The number of anilines is 1. The van der Waals surface area contributed by atoms with Gasteiger partial charge in [-0.3, -0.25) is 4.79 Å². The average Bonchev–Trinajstić information content (AvgIpc) is 2.56. The van der Waals surface area contributed by atoms with Crippen LogP contribution in [-0.4, -0.2) is 11.7 Å². The van der Waals surface area contributed by atoms with Crippen molar-refractivity contribution in [2.45, 2.75) is 38.0 Å². The van der Waals surface area contributed by atoms with Gasteiger partial charge in [0.15, 0.2) is 0 Å². The molecule has 0 saturated heterocycles. The number of amides is 1. The monoisotopic (exact) mass is 347 g/mol. The lowest BCUT2D eigenvalue weighted by molar-refractivity contribution is -0.115. The molecule has 2 nitrogen and oxygen atoms in total. The van der Waals surface area contributed by atoms with Crippen LogP contribution in [-0.2, 0) is 17.6 Å². The first-order valence-electron chi connectivity index (χ1n) is 7.93. The Hall–Kier alpha value is -1.45. The largest absolute Gasteiger partial charge is 0.326 e. The molecule has 0 aliphatic carbocycles. The molecule has 0 aliphatic rings. The zero-order chi connectivity index (χ0) is 16.7. The minimum atomic E-state index is 0.0418. The van der Waals surface area contributed by atoms with E-state index in [9.17, 15) is 4.79 Å². The molecule has 122 valence electrons. The van der Waals surface area contributed by atoms with Gasteiger partial charge in [-0.1, -0.05) is 49.7 Å². The third kappa shape index (κ3) is 5.02.